The number of hydrogen-bond donors (Lipinski definition) is 2. The maximum atomic E-state index is 12.5. The zero-order valence-corrected chi connectivity index (χ0v) is 14.7. The first-order valence-corrected chi connectivity index (χ1v) is 8.50. The molecule has 0 heterocycles. The highest BCUT2D eigenvalue weighted by atomic mass is 35.5. The lowest BCUT2D eigenvalue weighted by molar-refractivity contribution is 0.0952. The van der Waals surface area contributed by atoms with Crippen molar-refractivity contribution in [3.05, 3.63) is 101 Å². The summed E-state index contributed by atoms with van der Waals surface area (Å²) in [5.74, 6) is -0.622. The van der Waals surface area contributed by atoms with Crippen molar-refractivity contribution in [2.24, 2.45) is 0 Å². The van der Waals surface area contributed by atoms with E-state index in [4.69, 9.17) is 11.6 Å². The molecule has 0 aliphatic rings. The quantitative estimate of drug-likeness (QED) is 0.699. The molecule has 3 aromatic rings. The third-order valence-electron chi connectivity index (χ3n) is 3.83. The molecule has 0 unspecified atom stereocenters. The van der Waals surface area contributed by atoms with Gasteiger partial charge in [-0.1, -0.05) is 66.2 Å². The van der Waals surface area contributed by atoms with Crippen molar-refractivity contribution in [2.45, 2.75) is 6.54 Å². The minimum atomic E-state index is -0.362. The summed E-state index contributed by atoms with van der Waals surface area (Å²) >= 11 is 6.07. The number of hydrogen-bond acceptors (Lipinski definition) is 2. The normalized spacial score (nSPS) is 10.2. The smallest absolute Gasteiger partial charge is 0.257 e. The van der Waals surface area contributed by atoms with E-state index >= 15 is 0 Å². The number of rotatable bonds is 5. The zero-order chi connectivity index (χ0) is 18.4. The van der Waals surface area contributed by atoms with Gasteiger partial charge in [0.05, 0.1) is 21.8 Å². The van der Waals surface area contributed by atoms with Gasteiger partial charge >= 0.3 is 0 Å². The molecule has 0 radical (unpaired) electrons. The van der Waals surface area contributed by atoms with Gasteiger partial charge in [-0.2, -0.15) is 0 Å². The summed E-state index contributed by atoms with van der Waals surface area (Å²) in [6.45, 7) is 0.409. The molecule has 4 nitrogen and oxygen atoms in total. The van der Waals surface area contributed by atoms with E-state index in [-0.39, 0.29) is 11.8 Å². The lowest BCUT2D eigenvalue weighted by Crippen LogP contribution is -2.24. The number of carbonyl (C=O) groups excluding carboxylic acids is 2. The van der Waals surface area contributed by atoms with Crippen LogP contribution in [-0.2, 0) is 6.54 Å². The van der Waals surface area contributed by atoms with Crippen LogP contribution in [-0.4, -0.2) is 11.8 Å². The highest BCUT2D eigenvalue weighted by Gasteiger charge is 2.15. The Bertz CT molecular complexity index is 926. The fourth-order valence-electron chi connectivity index (χ4n) is 2.50. The number of halogens is 1. The summed E-state index contributed by atoms with van der Waals surface area (Å²) in [7, 11) is 0. The maximum Gasteiger partial charge on any atom is 0.257 e. The Hall–Kier alpha value is -3.11. The minimum Gasteiger partial charge on any atom is -0.348 e. The lowest BCUT2D eigenvalue weighted by atomic mass is 10.1. The first kappa shape index (κ1) is 17.7. The fraction of sp³-hybridized carbons (Fsp3) is 0.0476. The topological polar surface area (TPSA) is 58.2 Å². The van der Waals surface area contributed by atoms with Gasteiger partial charge in [0, 0.05) is 6.54 Å². The van der Waals surface area contributed by atoms with Crippen LogP contribution in [0.15, 0.2) is 78.9 Å². The molecular formula is C21H17ClN2O2. The van der Waals surface area contributed by atoms with E-state index in [0.29, 0.717) is 28.4 Å². The van der Waals surface area contributed by atoms with E-state index in [1.807, 2.05) is 30.3 Å². The largest absolute Gasteiger partial charge is 0.348 e. The van der Waals surface area contributed by atoms with Crippen LogP contribution in [0.25, 0.3) is 0 Å². The Morgan fingerprint density at radius 2 is 1.35 bits per heavy atom. The van der Waals surface area contributed by atoms with Crippen molar-refractivity contribution < 1.29 is 9.59 Å². The molecule has 0 saturated heterocycles. The van der Waals surface area contributed by atoms with Crippen molar-refractivity contribution in [3.8, 4) is 0 Å². The van der Waals surface area contributed by atoms with Crippen LogP contribution in [0.4, 0.5) is 5.69 Å². The average molecular weight is 365 g/mol. The first-order valence-electron chi connectivity index (χ1n) is 8.12. The fourth-order valence-corrected chi connectivity index (χ4v) is 2.72. The minimum absolute atomic E-state index is 0.260. The van der Waals surface area contributed by atoms with E-state index in [1.165, 1.54) is 0 Å². The van der Waals surface area contributed by atoms with E-state index in [0.717, 1.165) is 5.56 Å². The number of para-hydroxylation sites is 1. The molecule has 3 aromatic carbocycles. The molecule has 0 bridgehead atoms. The zero-order valence-electron chi connectivity index (χ0n) is 13.9. The van der Waals surface area contributed by atoms with Crippen LogP contribution in [0.1, 0.15) is 26.3 Å². The molecule has 26 heavy (non-hydrogen) atoms. The van der Waals surface area contributed by atoms with Gasteiger partial charge in [0.2, 0.25) is 0 Å². The monoisotopic (exact) mass is 364 g/mol. The number of amides is 2. The first-order chi connectivity index (χ1) is 12.6. The Morgan fingerprint density at radius 3 is 2.08 bits per heavy atom. The number of anilines is 1. The SMILES string of the molecule is O=C(Nc1ccccc1C(=O)NCc1ccccc1)c1ccccc1Cl. The van der Waals surface area contributed by atoms with Crippen molar-refractivity contribution in [2.75, 3.05) is 5.32 Å². The third-order valence-corrected chi connectivity index (χ3v) is 4.16. The number of nitrogens with one attached hydrogen (secondary N) is 2. The third kappa shape index (κ3) is 4.29. The maximum absolute atomic E-state index is 12.5. The Morgan fingerprint density at radius 1 is 0.731 bits per heavy atom. The van der Waals surface area contributed by atoms with Crippen LogP contribution < -0.4 is 10.6 Å². The molecule has 0 atom stereocenters. The molecule has 130 valence electrons. The molecule has 0 fully saturated rings. The molecule has 0 aromatic heterocycles. The summed E-state index contributed by atoms with van der Waals surface area (Å²) in [6.07, 6.45) is 0. The summed E-state index contributed by atoms with van der Waals surface area (Å²) < 4.78 is 0. The molecule has 0 spiro atoms. The van der Waals surface area contributed by atoms with Gasteiger partial charge in [-0.05, 0) is 29.8 Å². The Balaban J connectivity index is 1.74. The summed E-state index contributed by atoms with van der Waals surface area (Å²) in [6, 6.07) is 23.3. The van der Waals surface area contributed by atoms with Gasteiger partial charge in [0.1, 0.15) is 0 Å². The van der Waals surface area contributed by atoms with Crippen LogP contribution in [0, 0.1) is 0 Å². The van der Waals surface area contributed by atoms with Crippen molar-refractivity contribution in [1.29, 1.82) is 0 Å². The van der Waals surface area contributed by atoms with Gasteiger partial charge in [-0.15, -0.1) is 0 Å². The predicted octanol–water partition coefficient (Wildman–Crippen LogP) is 4.52. The van der Waals surface area contributed by atoms with E-state index < -0.39 is 0 Å². The number of carbonyl (C=O) groups is 2. The molecular weight excluding hydrogens is 348 g/mol. The Labute approximate surface area is 156 Å². The van der Waals surface area contributed by atoms with Crippen molar-refractivity contribution >= 4 is 29.1 Å². The second-order valence-corrected chi connectivity index (χ2v) is 6.06. The predicted molar refractivity (Wildman–Crippen MR) is 103 cm³/mol. The van der Waals surface area contributed by atoms with Gasteiger partial charge in [0.15, 0.2) is 0 Å². The molecule has 2 N–H and O–H groups in total. The van der Waals surface area contributed by atoms with Gasteiger partial charge in [-0.3, -0.25) is 9.59 Å². The van der Waals surface area contributed by atoms with Gasteiger partial charge < -0.3 is 10.6 Å². The molecule has 3 rings (SSSR count). The molecule has 2 amide bonds. The van der Waals surface area contributed by atoms with Gasteiger partial charge in [0.25, 0.3) is 11.8 Å². The van der Waals surface area contributed by atoms with Crippen LogP contribution in [0.3, 0.4) is 0 Å². The highest BCUT2D eigenvalue weighted by molar-refractivity contribution is 6.34. The molecule has 0 aliphatic heterocycles. The van der Waals surface area contributed by atoms with E-state index in [9.17, 15) is 9.59 Å². The van der Waals surface area contributed by atoms with Crippen LogP contribution in [0.2, 0.25) is 5.02 Å². The molecule has 5 heteroatoms. The molecule has 0 aliphatic carbocycles. The van der Waals surface area contributed by atoms with E-state index in [2.05, 4.69) is 10.6 Å². The van der Waals surface area contributed by atoms with Crippen molar-refractivity contribution in [1.82, 2.24) is 5.32 Å². The van der Waals surface area contributed by atoms with Gasteiger partial charge in [-0.25, -0.2) is 0 Å². The second kappa shape index (κ2) is 8.32. The number of benzene rings is 3. The summed E-state index contributed by atoms with van der Waals surface area (Å²) in [5, 5.41) is 5.98. The lowest BCUT2D eigenvalue weighted by Gasteiger charge is -2.12. The standard InChI is InChI=1S/C21H17ClN2O2/c22-18-12-6-4-10-16(18)21(26)24-19-13-7-5-11-17(19)20(25)23-14-15-8-2-1-3-9-15/h1-13H,14H2,(H,23,25)(H,24,26). The summed E-state index contributed by atoms with van der Waals surface area (Å²) in [4.78, 5) is 25.0. The average Bonchev–Trinajstić information content (AvgIpc) is 2.67. The van der Waals surface area contributed by atoms with Crippen LogP contribution >= 0.6 is 11.6 Å². The van der Waals surface area contributed by atoms with E-state index in [1.54, 1.807) is 48.5 Å². The van der Waals surface area contributed by atoms with Crippen LogP contribution in [0.5, 0.6) is 0 Å². The Kier molecular flexibility index (Phi) is 5.66. The summed E-state index contributed by atoms with van der Waals surface area (Å²) in [5.41, 5.74) is 2.18. The molecule has 0 saturated carbocycles. The highest BCUT2D eigenvalue weighted by Crippen LogP contribution is 2.20. The second-order valence-electron chi connectivity index (χ2n) is 5.65. The van der Waals surface area contributed by atoms with Crippen molar-refractivity contribution in [3.63, 3.8) is 0 Å².